The summed E-state index contributed by atoms with van der Waals surface area (Å²) in [6, 6.07) is 2.07. The molecule has 1 aromatic rings. The van der Waals surface area contributed by atoms with Crippen LogP contribution in [0.5, 0.6) is 0 Å². The number of amides is 1. The molecule has 152 valence electrons. The van der Waals surface area contributed by atoms with Crippen LogP contribution in [0.2, 0.25) is 0 Å². The molecule has 1 saturated heterocycles. The third-order valence-corrected chi connectivity index (χ3v) is 5.86. The number of carbonyl (C=O) groups excluding carboxylic acids is 2. The number of hydrogen-bond donors (Lipinski definition) is 1. The lowest BCUT2D eigenvalue weighted by molar-refractivity contribution is -0.117. The molecule has 1 amide bonds. The summed E-state index contributed by atoms with van der Waals surface area (Å²) >= 11 is 0. The summed E-state index contributed by atoms with van der Waals surface area (Å²) in [5.41, 5.74) is 4.79. The Morgan fingerprint density at radius 3 is 2.61 bits per heavy atom. The first kappa shape index (κ1) is 20.4. The highest BCUT2D eigenvalue weighted by Gasteiger charge is 2.51. The lowest BCUT2D eigenvalue weighted by atomic mass is 9.83. The molecule has 1 N–H and O–H groups in total. The molecule has 1 aromatic carbocycles. The molecule has 0 saturated carbocycles. The fourth-order valence-corrected chi connectivity index (χ4v) is 4.36. The molecule has 2 aliphatic heterocycles. The van der Waals surface area contributed by atoms with Crippen LogP contribution in [-0.4, -0.2) is 36.9 Å². The molecule has 28 heavy (non-hydrogen) atoms. The van der Waals surface area contributed by atoms with Crippen LogP contribution in [0, 0.1) is 27.7 Å². The molecule has 1 spiro atoms. The fourth-order valence-electron chi connectivity index (χ4n) is 4.36. The van der Waals surface area contributed by atoms with Crippen LogP contribution in [0.1, 0.15) is 54.5 Å². The summed E-state index contributed by atoms with van der Waals surface area (Å²) < 4.78 is 16.4. The van der Waals surface area contributed by atoms with Crippen molar-refractivity contribution in [1.82, 2.24) is 5.32 Å². The Labute approximate surface area is 166 Å². The summed E-state index contributed by atoms with van der Waals surface area (Å²) in [7, 11) is 0. The average Bonchev–Trinajstić information content (AvgIpc) is 2.85. The van der Waals surface area contributed by atoms with Crippen molar-refractivity contribution in [1.29, 1.82) is 0 Å². The number of rotatable bonds is 3. The largest absolute Gasteiger partial charge is 0.513 e. The minimum atomic E-state index is -0.788. The van der Waals surface area contributed by atoms with Gasteiger partial charge in [-0.25, -0.2) is 4.79 Å². The molecular weight excluding hydrogens is 358 g/mol. The monoisotopic (exact) mass is 387 g/mol. The molecule has 0 radical (unpaired) electrons. The molecule has 6 nitrogen and oxygen atoms in total. The van der Waals surface area contributed by atoms with E-state index in [1.807, 2.05) is 27.7 Å². The Morgan fingerprint density at radius 2 is 1.96 bits per heavy atom. The van der Waals surface area contributed by atoms with Gasteiger partial charge in [-0.3, -0.25) is 4.79 Å². The van der Waals surface area contributed by atoms with E-state index in [9.17, 15) is 9.59 Å². The number of carbonyl (C=O) groups is 2. The Bertz CT molecular complexity index is 857. The third kappa shape index (κ3) is 3.41. The van der Waals surface area contributed by atoms with Crippen LogP contribution in [0.3, 0.4) is 0 Å². The van der Waals surface area contributed by atoms with Crippen LogP contribution < -0.4 is 5.32 Å². The summed E-state index contributed by atoms with van der Waals surface area (Å²) in [5, 5.41) is 3.11. The van der Waals surface area contributed by atoms with E-state index in [2.05, 4.69) is 18.3 Å². The van der Waals surface area contributed by atoms with Gasteiger partial charge in [0.15, 0.2) is 5.76 Å². The standard InChI is InChI=1S/C22H29NO5/c1-7-26-21(25)28-19-18(17-13(3)10-12(2)15(5)16(17)6)20(24)23-22(19)8-9-27-14(4)11-22/h10,14H,7-9,11H2,1-6H3,(H,23,24). The van der Waals surface area contributed by atoms with Crippen molar-refractivity contribution < 1.29 is 23.8 Å². The van der Waals surface area contributed by atoms with Gasteiger partial charge < -0.3 is 19.5 Å². The first-order chi connectivity index (χ1) is 13.2. The number of aryl methyl sites for hydroxylation is 2. The Morgan fingerprint density at radius 1 is 1.25 bits per heavy atom. The van der Waals surface area contributed by atoms with E-state index in [1.54, 1.807) is 6.92 Å². The van der Waals surface area contributed by atoms with Crippen molar-refractivity contribution in [2.45, 2.75) is 66.0 Å². The fraction of sp³-hybridized carbons (Fsp3) is 0.545. The molecule has 2 heterocycles. The van der Waals surface area contributed by atoms with Crippen LogP contribution >= 0.6 is 0 Å². The van der Waals surface area contributed by atoms with E-state index in [1.165, 1.54) is 5.56 Å². The number of hydrogen-bond acceptors (Lipinski definition) is 5. The first-order valence-corrected chi connectivity index (χ1v) is 9.81. The topological polar surface area (TPSA) is 73.9 Å². The van der Waals surface area contributed by atoms with Gasteiger partial charge in [-0.1, -0.05) is 6.07 Å². The molecule has 3 rings (SSSR count). The van der Waals surface area contributed by atoms with Gasteiger partial charge in [0.25, 0.3) is 5.91 Å². The van der Waals surface area contributed by atoms with Gasteiger partial charge in [-0.05, 0) is 69.4 Å². The third-order valence-electron chi connectivity index (χ3n) is 5.86. The molecule has 0 aromatic heterocycles. The van der Waals surface area contributed by atoms with Gasteiger partial charge in [-0.15, -0.1) is 0 Å². The Hall–Kier alpha value is -2.34. The normalized spacial score (nSPS) is 24.5. The minimum Gasteiger partial charge on any atom is -0.434 e. The first-order valence-electron chi connectivity index (χ1n) is 9.81. The predicted octanol–water partition coefficient (Wildman–Crippen LogP) is 3.87. The summed E-state index contributed by atoms with van der Waals surface area (Å²) in [5.74, 6) is 0.142. The van der Waals surface area contributed by atoms with Crippen LogP contribution in [0.15, 0.2) is 11.8 Å². The van der Waals surface area contributed by atoms with Gasteiger partial charge in [0, 0.05) is 19.4 Å². The number of ether oxygens (including phenoxy) is 3. The van der Waals surface area contributed by atoms with Crippen molar-refractivity contribution >= 4 is 17.6 Å². The second-order valence-corrected chi connectivity index (χ2v) is 7.80. The SMILES string of the molecule is CCOC(=O)OC1=C(c2c(C)cc(C)c(C)c2C)C(=O)NC12CCOC(C)C2. The van der Waals surface area contributed by atoms with Crippen molar-refractivity contribution in [3.8, 4) is 0 Å². The van der Waals surface area contributed by atoms with E-state index in [4.69, 9.17) is 14.2 Å². The smallest absolute Gasteiger partial charge is 0.434 e. The van der Waals surface area contributed by atoms with E-state index in [0.29, 0.717) is 30.8 Å². The maximum Gasteiger partial charge on any atom is 0.513 e. The van der Waals surface area contributed by atoms with Crippen LogP contribution in [0.25, 0.3) is 5.57 Å². The average molecular weight is 387 g/mol. The van der Waals surface area contributed by atoms with Crippen molar-refractivity contribution in [2.75, 3.05) is 13.2 Å². The lowest BCUT2D eigenvalue weighted by Crippen LogP contribution is -2.51. The van der Waals surface area contributed by atoms with Crippen molar-refractivity contribution in [2.24, 2.45) is 0 Å². The molecule has 6 heteroatoms. The van der Waals surface area contributed by atoms with E-state index in [0.717, 1.165) is 22.3 Å². The highest BCUT2D eigenvalue weighted by molar-refractivity contribution is 6.24. The van der Waals surface area contributed by atoms with Crippen molar-refractivity contribution in [3.63, 3.8) is 0 Å². The number of benzene rings is 1. The molecule has 0 aliphatic carbocycles. The number of nitrogens with one attached hydrogen (secondary N) is 1. The summed E-state index contributed by atoms with van der Waals surface area (Å²) in [6.07, 6.45) is 0.241. The second-order valence-electron chi connectivity index (χ2n) is 7.80. The maximum atomic E-state index is 13.2. The molecule has 2 aliphatic rings. The summed E-state index contributed by atoms with van der Waals surface area (Å²) in [4.78, 5) is 25.4. The predicted molar refractivity (Wildman–Crippen MR) is 106 cm³/mol. The van der Waals surface area contributed by atoms with Gasteiger partial charge in [0.05, 0.1) is 18.3 Å². The van der Waals surface area contributed by atoms with E-state index >= 15 is 0 Å². The van der Waals surface area contributed by atoms with E-state index in [-0.39, 0.29) is 18.6 Å². The highest BCUT2D eigenvalue weighted by Crippen LogP contribution is 2.43. The molecule has 2 atom stereocenters. The zero-order chi connectivity index (χ0) is 20.6. The molecular formula is C22H29NO5. The quantitative estimate of drug-likeness (QED) is 0.797. The van der Waals surface area contributed by atoms with Crippen molar-refractivity contribution in [3.05, 3.63) is 39.6 Å². The Kier molecular flexibility index (Phi) is 5.53. The van der Waals surface area contributed by atoms with Crippen LogP contribution in [0.4, 0.5) is 4.79 Å². The highest BCUT2D eigenvalue weighted by atomic mass is 16.7. The maximum absolute atomic E-state index is 13.2. The molecule has 2 unspecified atom stereocenters. The Balaban J connectivity index is 2.22. The van der Waals surface area contributed by atoms with Gasteiger partial charge in [0.2, 0.25) is 0 Å². The zero-order valence-electron chi connectivity index (χ0n) is 17.5. The van der Waals surface area contributed by atoms with E-state index < -0.39 is 11.7 Å². The second kappa shape index (κ2) is 7.59. The molecule has 1 fully saturated rings. The zero-order valence-corrected chi connectivity index (χ0v) is 17.5. The molecule has 0 bridgehead atoms. The van der Waals surface area contributed by atoms with Gasteiger partial charge in [-0.2, -0.15) is 0 Å². The minimum absolute atomic E-state index is 0.0591. The van der Waals surface area contributed by atoms with Gasteiger partial charge in [0.1, 0.15) is 5.54 Å². The van der Waals surface area contributed by atoms with Crippen LogP contribution in [-0.2, 0) is 19.0 Å². The lowest BCUT2D eigenvalue weighted by Gasteiger charge is -2.37. The van der Waals surface area contributed by atoms with Gasteiger partial charge >= 0.3 is 6.16 Å². The summed E-state index contributed by atoms with van der Waals surface area (Å²) in [6.45, 7) is 12.4.